The third-order valence-corrected chi connectivity index (χ3v) is 4.47. The Hall–Kier alpha value is -0.900. The molecule has 3 nitrogen and oxygen atoms in total. The number of likely N-dealkylation sites (tertiary alicyclic amines) is 1. The number of rotatable bonds is 7. The van der Waals surface area contributed by atoms with Gasteiger partial charge in [0.05, 0.1) is 0 Å². The summed E-state index contributed by atoms with van der Waals surface area (Å²) in [6.45, 7) is 6.99. The van der Waals surface area contributed by atoms with E-state index < -0.39 is 0 Å². The summed E-state index contributed by atoms with van der Waals surface area (Å²) in [4.78, 5) is 5.10. The molecule has 1 N–H and O–H groups in total. The first kappa shape index (κ1) is 15.5. The van der Waals surface area contributed by atoms with E-state index in [0.717, 1.165) is 12.6 Å². The van der Waals surface area contributed by atoms with Gasteiger partial charge in [-0.2, -0.15) is 0 Å². The SMILES string of the molecule is CCN1CCCC1CN(C)CC(NC)c1ccccc1. The van der Waals surface area contributed by atoms with Crippen molar-refractivity contribution in [3.05, 3.63) is 35.9 Å². The topological polar surface area (TPSA) is 18.5 Å². The normalized spacial score (nSPS) is 21.5. The highest BCUT2D eigenvalue weighted by Crippen LogP contribution is 2.19. The molecule has 1 aromatic carbocycles. The summed E-state index contributed by atoms with van der Waals surface area (Å²) in [6, 6.07) is 11.9. The fourth-order valence-corrected chi connectivity index (χ4v) is 3.31. The molecule has 0 radical (unpaired) electrons. The quantitative estimate of drug-likeness (QED) is 0.824. The summed E-state index contributed by atoms with van der Waals surface area (Å²) in [7, 11) is 4.30. The van der Waals surface area contributed by atoms with Gasteiger partial charge in [0, 0.05) is 25.2 Å². The van der Waals surface area contributed by atoms with Crippen molar-refractivity contribution < 1.29 is 0 Å². The largest absolute Gasteiger partial charge is 0.312 e. The molecule has 1 aromatic rings. The summed E-state index contributed by atoms with van der Waals surface area (Å²) in [6.07, 6.45) is 2.72. The van der Waals surface area contributed by atoms with Gasteiger partial charge < -0.3 is 10.2 Å². The van der Waals surface area contributed by atoms with Crippen LogP contribution in [0.3, 0.4) is 0 Å². The van der Waals surface area contributed by atoms with Gasteiger partial charge in [-0.3, -0.25) is 4.90 Å². The van der Waals surface area contributed by atoms with Gasteiger partial charge in [-0.25, -0.2) is 0 Å². The molecule has 0 bridgehead atoms. The van der Waals surface area contributed by atoms with Crippen LogP contribution >= 0.6 is 0 Å². The Morgan fingerprint density at radius 1 is 1.35 bits per heavy atom. The number of nitrogens with zero attached hydrogens (tertiary/aromatic N) is 2. The zero-order valence-electron chi connectivity index (χ0n) is 13.2. The molecular weight excluding hydrogens is 246 g/mol. The van der Waals surface area contributed by atoms with Crippen LogP contribution in [0, 0.1) is 0 Å². The maximum atomic E-state index is 3.44. The van der Waals surface area contributed by atoms with E-state index in [0.29, 0.717) is 6.04 Å². The Morgan fingerprint density at radius 2 is 2.10 bits per heavy atom. The molecule has 20 heavy (non-hydrogen) atoms. The molecule has 0 saturated carbocycles. The van der Waals surface area contributed by atoms with Gasteiger partial charge in [0.2, 0.25) is 0 Å². The van der Waals surface area contributed by atoms with Crippen LogP contribution in [0.4, 0.5) is 0 Å². The fraction of sp³-hybridized carbons (Fsp3) is 0.647. The Morgan fingerprint density at radius 3 is 2.75 bits per heavy atom. The van der Waals surface area contributed by atoms with Crippen molar-refractivity contribution in [2.75, 3.05) is 40.3 Å². The van der Waals surface area contributed by atoms with E-state index in [1.54, 1.807) is 0 Å². The van der Waals surface area contributed by atoms with Crippen molar-refractivity contribution in [2.45, 2.75) is 31.8 Å². The van der Waals surface area contributed by atoms with Gasteiger partial charge >= 0.3 is 0 Å². The number of likely N-dealkylation sites (N-methyl/N-ethyl adjacent to an activating group) is 3. The van der Waals surface area contributed by atoms with Gasteiger partial charge in [0.25, 0.3) is 0 Å². The average Bonchev–Trinajstić information content (AvgIpc) is 2.92. The van der Waals surface area contributed by atoms with E-state index >= 15 is 0 Å². The van der Waals surface area contributed by atoms with Crippen molar-refractivity contribution in [1.29, 1.82) is 0 Å². The zero-order chi connectivity index (χ0) is 14.4. The smallest absolute Gasteiger partial charge is 0.0446 e. The van der Waals surface area contributed by atoms with E-state index in [2.05, 4.69) is 66.5 Å². The maximum absolute atomic E-state index is 3.44. The van der Waals surface area contributed by atoms with E-state index in [1.807, 2.05) is 0 Å². The summed E-state index contributed by atoms with van der Waals surface area (Å²) >= 11 is 0. The van der Waals surface area contributed by atoms with Crippen LogP contribution in [0.15, 0.2) is 30.3 Å². The third kappa shape index (κ3) is 4.05. The molecule has 112 valence electrons. The van der Waals surface area contributed by atoms with Gasteiger partial charge in [-0.05, 0) is 45.6 Å². The van der Waals surface area contributed by atoms with E-state index in [9.17, 15) is 0 Å². The zero-order valence-corrected chi connectivity index (χ0v) is 13.2. The molecule has 2 rings (SSSR count). The molecule has 1 aliphatic heterocycles. The lowest BCUT2D eigenvalue weighted by molar-refractivity contribution is 0.189. The second-order valence-electron chi connectivity index (χ2n) is 5.90. The molecule has 0 aliphatic carbocycles. The van der Waals surface area contributed by atoms with Crippen LogP contribution in [-0.2, 0) is 0 Å². The van der Waals surface area contributed by atoms with Gasteiger partial charge in [-0.1, -0.05) is 37.3 Å². The first-order chi connectivity index (χ1) is 9.74. The van der Waals surface area contributed by atoms with Crippen molar-refractivity contribution in [2.24, 2.45) is 0 Å². The summed E-state index contributed by atoms with van der Waals surface area (Å²) in [5.41, 5.74) is 1.38. The second kappa shape index (κ2) is 7.77. The highest BCUT2D eigenvalue weighted by molar-refractivity contribution is 5.19. The molecule has 1 fully saturated rings. The van der Waals surface area contributed by atoms with Crippen LogP contribution in [0.2, 0.25) is 0 Å². The number of nitrogens with one attached hydrogen (secondary N) is 1. The molecule has 1 aliphatic rings. The number of benzene rings is 1. The van der Waals surface area contributed by atoms with E-state index in [-0.39, 0.29) is 0 Å². The second-order valence-corrected chi connectivity index (χ2v) is 5.90. The summed E-state index contributed by atoms with van der Waals surface area (Å²) in [5.74, 6) is 0. The van der Waals surface area contributed by atoms with E-state index in [4.69, 9.17) is 0 Å². The van der Waals surface area contributed by atoms with Crippen LogP contribution in [-0.4, -0.2) is 56.1 Å². The molecule has 3 heteroatoms. The van der Waals surface area contributed by atoms with E-state index in [1.165, 1.54) is 38.0 Å². The highest BCUT2D eigenvalue weighted by Gasteiger charge is 2.24. The average molecular weight is 275 g/mol. The first-order valence-corrected chi connectivity index (χ1v) is 7.89. The summed E-state index contributed by atoms with van der Waals surface area (Å²) in [5, 5.41) is 3.44. The Kier molecular flexibility index (Phi) is 6.02. The lowest BCUT2D eigenvalue weighted by Gasteiger charge is -2.30. The Labute approximate surface area is 124 Å². The molecule has 0 spiro atoms. The molecule has 0 amide bonds. The maximum Gasteiger partial charge on any atom is 0.0446 e. The van der Waals surface area contributed by atoms with Crippen LogP contribution < -0.4 is 5.32 Å². The molecular formula is C17H29N3. The predicted molar refractivity (Wildman–Crippen MR) is 86.0 cm³/mol. The minimum absolute atomic E-state index is 0.415. The molecule has 1 heterocycles. The third-order valence-electron chi connectivity index (χ3n) is 4.47. The first-order valence-electron chi connectivity index (χ1n) is 7.89. The van der Waals surface area contributed by atoms with Crippen molar-refractivity contribution in [1.82, 2.24) is 15.1 Å². The number of hydrogen-bond acceptors (Lipinski definition) is 3. The van der Waals surface area contributed by atoms with Crippen molar-refractivity contribution in [3.63, 3.8) is 0 Å². The fourth-order valence-electron chi connectivity index (χ4n) is 3.31. The van der Waals surface area contributed by atoms with Gasteiger partial charge in [0.1, 0.15) is 0 Å². The van der Waals surface area contributed by atoms with Crippen molar-refractivity contribution >= 4 is 0 Å². The molecule has 1 saturated heterocycles. The molecule has 2 unspecified atom stereocenters. The van der Waals surface area contributed by atoms with Crippen LogP contribution in [0.25, 0.3) is 0 Å². The number of hydrogen-bond donors (Lipinski definition) is 1. The Balaban J connectivity index is 1.88. The van der Waals surface area contributed by atoms with Gasteiger partial charge in [0.15, 0.2) is 0 Å². The standard InChI is InChI=1S/C17H29N3/c1-4-20-12-8-11-16(20)13-19(3)14-17(18-2)15-9-6-5-7-10-15/h5-7,9-10,16-18H,4,8,11-14H2,1-3H3. The highest BCUT2D eigenvalue weighted by atomic mass is 15.2. The van der Waals surface area contributed by atoms with Crippen molar-refractivity contribution in [3.8, 4) is 0 Å². The minimum Gasteiger partial charge on any atom is -0.312 e. The monoisotopic (exact) mass is 275 g/mol. The molecule has 0 aromatic heterocycles. The molecule has 2 atom stereocenters. The lowest BCUT2D eigenvalue weighted by Crippen LogP contribution is -2.41. The van der Waals surface area contributed by atoms with Gasteiger partial charge in [-0.15, -0.1) is 0 Å². The minimum atomic E-state index is 0.415. The van der Waals surface area contributed by atoms with Crippen LogP contribution in [0.5, 0.6) is 0 Å². The van der Waals surface area contributed by atoms with Crippen LogP contribution in [0.1, 0.15) is 31.4 Å². The predicted octanol–water partition coefficient (Wildman–Crippen LogP) is 2.36. The Bertz CT molecular complexity index is 379. The lowest BCUT2D eigenvalue weighted by atomic mass is 10.1. The summed E-state index contributed by atoms with van der Waals surface area (Å²) < 4.78 is 0.